The van der Waals surface area contributed by atoms with Gasteiger partial charge in [0.15, 0.2) is 0 Å². The molecule has 72 heavy (non-hydrogen) atoms. The van der Waals surface area contributed by atoms with Crippen LogP contribution in [-0.2, 0) is 24.7 Å². The highest BCUT2D eigenvalue weighted by Gasteiger charge is 2.48. The second-order valence-corrected chi connectivity index (χ2v) is 24.1. The van der Waals surface area contributed by atoms with Gasteiger partial charge in [-0.1, -0.05) is 79.3 Å². The molecule has 0 spiro atoms. The third-order valence-electron chi connectivity index (χ3n) is 13.0. The Hall–Kier alpha value is -5.24. The number of benzene rings is 4. The number of azide groups is 1. The van der Waals surface area contributed by atoms with Crippen LogP contribution in [0.3, 0.4) is 0 Å². The summed E-state index contributed by atoms with van der Waals surface area (Å²) in [6.45, 7) is 9.05. The number of nitrogens with one attached hydrogen (secondary N) is 2. The molecule has 1 aliphatic carbocycles. The van der Waals surface area contributed by atoms with E-state index in [0.29, 0.717) is 43.6 Å². The zero-order valence-electron chi connectivity index (χ0n) is 40.7. The first-order valence-corrected chi connectivity index (χ1v) is 28.2. The summed E-state index contributed by atoms with van der Waals surface area (Å²) in [5, 5.41) is 7.12. The van der Waals surface area contributed by atoms with Gasteiger partial charge in [0.2, 0.25) is 5.91 Å². The van der Waals surface area contributed by atoms with Crippen molar-refractivity contribution in [3.05, 3.63) is 129 Å². The Labute approximate surface area is 430 Å². The van der Waals surface area contributed by atoms with Gasteiger partial charge in [-0.15, -0.1) is 11.8 Å². The molecule has 1 atom stereocenters. The highest BCUT2D eigenvalue weighted by Crippen LogP contribution is 2.43. The number of sulfonamides is 1. The number of alkyl halides is 3. The number of allylic oxidation sites excluding steroid dienone is 1. The van der Waals surface area contributed by atoms with Gasteiger partial charge < -0.3 is 15.1 Å². The van der Waals surface area contributed by atoms with Crippen LogP contribution < -0.4 is 14.9 Å². The number of thioether (sulfide) groups is 1. The average molecular weight is 1070 g/mol. The van der Waals surface area contributed by atoms with E-state index >= 15 is 0 Å². The maximum Gasteiger partial charge on any atom is 0.501 e. The first kappa shape index (κ1) is 56.1. The minimum atomic E-state index is -6.14. The van der Waals surface area contributed by atoms with Gasteiger partial charge in [-0.2, -0.15) is 13.2 Å². The van der Waals surface area contributed by atoms with Gasteiger partial charge in [0.25, 0.3) is 25.8 Å². The van der Waals surface area contributed by atoms with Crippen LogP contribution in [0.1, 0.15) is 87.6 Å². The van der Waals surface area contributed by atoms with E-state index in [4.69, 9.17) is 17.1 Å². The van der Waals surface area contributed by atoms with Crippen molar-refractivity contribution in [2.24, 2.45) is 10.5 Å². The molecule has 14 nitrogen and oxygen atoms in total. The lowest BCUT2D eigenvalue weighted by atomic mass is 9.73. The van der Waals surface area contributed by atoms with Crippen LogP contribution in [0.4, 0.5) is 24.5 Å². The minimum absolute atomic E-state index is 0.0339. The molecular formula is C51H62ClF3N8O6S3. The Bertz CT molecular complexity index is 2810. The minimum Gasteiger partial charge on any atom is -0.380 e. The van der Waals surface area contributed by atoms with Gasteiger partial charge in [-0.05, 0) is 127 Å². The number of hydrogen-bond donors (Lipinski definition) is 2. The van der Waals surface area contributed by atoms with Crippen molar-refractivity contribution in [2.45, 2.75) is 97.9 Å². The van der Waals surface area contributed by atoms with Crippen molar-refractivity contribution < 1.29 is 39.6 Å². The normalized spacial score (nSPS) is 15.9. The third kappa shape index (κ3) is 15.6. The van der Waals surface area contributed by atoms with E-state index in [0.717, 1.165) is 74.5 Å². The number of nitrogens with zero attached hydrogens (tertiary/aromatic N) is 6. The number of unbranched alkanes of at least 4 members (excludes halogenated alkanes) is 3. The zero-order chi connectivity index (χ0) is 52.1. The topological polar surface area (TPSA) is 185 Å². The largest absolute Gasteiger partial charge is 0.501 e. The standard InChI is InChI=1S/C51H62ClF3N8O6S3/c1-50(2)26-24-45(37-14-18-40(52)19-15-37)39(34-50)35-62-29-31-63(32-30-62)42-20-16-38(17-21-42)49(65)59-72(68,69)44-22-23-46(47(33-44)71(66,67)51(53,54)55)58-41(36-70-43-11-7-6-8-12-43)25-28-61(3)48(64)13-9-4-5-10-27-57-60-56/h6-8,11-12,14-23,33,41,58H,4-5,9-10,13,24-32,34-36H2,1-3H3,(H,59,65). The van der Waals surface area contributed by atoms with Crippen LogP contribution in [0.2, 0.25) is 5.02 Å². The molecule has 388 valence electrons. The van der Waals surface area contributed by atoms with Crippen molar-refractivity contribution in [1.82, 2.24) is 14.5 Å². The van der Waals surface area contributed by atoms with Gasteiger partial charge >= 0.3 is 5.51 Å². The van der Waals surface area contributed by atoms with Crippen LogP contribution in [0.15, 0.2) is 122 Å². The molecule has 1 aliphatic heterocycles. The van der Waals surface area contributed by atoms with E-state index in [1.165, 1.54) is 45.5 Å². The first-order valence-electron chi connectivity index (χ1n) is 23.9. The summed E-state index contributed by atoms with van der Waals surface area (Å²) in [6, 6.07) is 25.1. The van der Waals surface area contributed by atoms with Crippen LogP contribution in [0.5, 0.6) is 0 Å². The summed E-state index contributed by atoms with van der Waals surface area (Å²) in [5.74, 6) is -0.980. The number of carbonyl (C=O) groups excluding carboxylic acids is 2. The molecule has 4 aromatic rings. The Morgan fingerprint density at radius 2 is 1.60 bits per heavy atom. The number of piperazine rings is 1. The van der Waals surface area contributed by atoms with E-state index in [1.807, 2.05) is 47.2 Å². The summed E-state index contributed by atoms with van der Waals surface area (Å²) in [5.41, 5.74) is 7.14. The molecule has 1 unspecified atom stereocenters. The van der Waals surface area contributed by atoms with Crippen molar-refractivity contribution in [2.75, 3.05) is 68.8 Å². The molecule has 0 radical (unpaired) electrons. The molecule has 1 saturated heterocycles. The number of anilines is 2. The molecule has 0 bridgehead atoms. The van der Waals surface area contributed by atoms with E-state index in [-0.39, 0.29) is 42.0 Å². The van der Waals surface area contributed by atoms with Gasteiger partial charge in [0.1, 0.15) is 4.90 Å². The lowest BCUT2D eigenvalue weighted by Gasteiger charge is -2.39. The smallest absolute Gasteiger partial charge is 0.380 e. The van der Waals surface area contributed by atoms with Crippen LogP contribution >= 0.6 is 23.4 Å². The van der Waals surface area contributed by atoms with Gasteiger partial charge in [0, 0.05) is 97.2 Å². The SMILES string of the molecule is CN(CCC(CSc1ccccc1)Nc1ccc(S(=O)(=O)NC(=O)c2ccc(N3CCN(CC4=C(c5ccc(Cl)cc5)CCC(C)(C)C4)CC3)cc2)cc1S(=O)(=O)C(F)(F)F)C(=O)CCCCCCN=[N+]=[N-]. The van der Waals surface area contributed by atoms with Gasteiger partial charge in [-0.25, -0.2) is 21.6 Å². The van der Waals surface area contributed by atoms with E-state index < -0.39 is 52.8 Å². The van der Waals surface area contributed by atoms with Crippen molar-refractivity contribution in [1.29, 1.82) is 0 Å². The fourth-order valence-corrected chi connectivity index (χ4v) is 12.0. The summed E-state index contributed by atoms with van der Waals surface area (Å²) in [6.07, 6.45) is 6.41. The number of sulfone groups is 1. The maximum atomic E-state index is 14.3. The lowest BCUT2D eigenvalue weighted by Crippen LogP contribution is -2.47. The zero-order valence-corrected chi connectivity index (χ0v) is 43.9. The van der Waals surface area contributed by atoms with E-state index in [9.17, 15) is 39.6 Å². The van der Waals surface area contributed by atoms with Crippen LogP contribution in [0, 0.1) is 5.41 Å². The van der Waals surface area contributed by atoms with Crippen molar-refractivity contribution in [3.8, 4) is 0 Å². The van der Waals surface area contributed by atoms with Crippen molar-refractivity contribution in [3.63, 3.8) is 0 Å². The van der Waals surface area contributed by atoms with Crippen molar-refractivity contribution >= 4 is 72.0 Å². The Morgan fingerprint density at radius 1 is 0.917 bits per heavy atom. The number of carbonyl (C=O) groups is 2. The molecule has 0 saturated carbocycles. The molecule has 1 heterocycles. The number of amides is 2. The second-order valence-electron chi connectivity index (χ2n) is 19.0. The molecule has 0 aromatic heterocycles. The number of halogens is 4. The fourth-order valence-electron chi connectivity index (χ4n) is 8.85. The monoisotopic (exact) mass is 1070 g/mol. The summed E-state index contributed by atoms with van der Waals surface area (Å²) in [7, 11) is -9.45. The first-order chi connectivity index (χ1) is 34.2. The second kappa shape index (κ2) is 25.1. The molecule has 2 amide bonds. The molecule has 6 rings (SSSR count). The van der Waals surface area contributed by atoms with E-state index in [1.54, 1.807) is 19.2 Å². The summed E-state index contributed by atoms with van der Waals surface area (Å²) in [4.78, 5) is 33.8. The molecule has 4 aromatic carbocycles. The summed E-state index contributed by atoms with van der Waals surface area (Å²) < 4.78 is 98.4. The van der Waals surface area contributed by atoms with Crippen LogP contribution in [0.25, 0.3) is 16.0 Å². The lowest BCUT2D eigenvalue weighted by molar-refractivity contribution is -0.130. The average Bonchev–Trinajstić information content (AvgIpc) is 3.34. The highest BCUT2D eigenvalue weighted by atomic mass is 35.5. The quantitative estimate of drug-likeness (QED) is 0.0238. The Balaban J connectivity index is 1.11. The third-order valence-corrected chi connectivity index (χ3v) is 17.3. The maximum absolute atomic E-state index is 14.3. The molecule has 1 fully saturated rings. The number of hydrogen-bond acceptors (Lipinski definition) is 11. The molecule has 2 N–H and O–H groups in total. The van der Waals surface area contributed by atoms with E-state index in [2.05, 4.69) is 51.1 Å². The highest BCUT2D eigenvalue weighted by molar-refractivity contribution is 7.99. The predicted octanol–water partition coefficient (Wildman–Crippen LogP) is 11.2. The Morgan fingerprint density at radius 3 is 2.26 bits per heavy atom. The molecule has 21 heteroatoms. The Kier molecular flexibility index (Phi) is 19.6. The predicted molar refractivity (Wildman–Crippen MR) is 279 cm³/mol. The fraction of sp³-hybridized carbons (Fsp3) is 0.451. The summed E-state index contributed by atoms with van der Waals surface area (Å²) >= 11 is 7.55. The molecule has 2 aliphatic rings. The molecular weight excluding hydrogens is 1010 g/mol. The van der Waals surface area contributed by atoms with Crippen LogP contribution in [-0.4, -0.2) is 109 Å². The number of rotatable bonds is 23. The van der Waals surface area contributed by atoms with Gasteiger partial charge in [0.05, 0.1) is 10.6 Å². The van der Waals surface area contributed by atoms with Gasteiger partial charge in [-0.3, -0.25) is 14.5 Å².